The summed E-state index contributed by atoms with van der Waals surface area (Å²) >= 11 is 0. The number of hydrogen-bond donors (Lipinski definition) is 1. The van der Waals surface area contributed by atoms with Crippen LogP contribution in [0.2, 0.25) is 0 Å². The van der Waals surface area contributed by atoms with Crippen molar-refractivity contribution in [3.8, 4) is 11.3 Å². The molecule has 1 N–H and O–H groups in total. The molecule has 2 aromatic rings. The van der Waals surface area contributed by atoms with Crippen LogP contribution in [-0.2, 0) is 12.7 Å². The molecule has 0 radical (unpaired) electrons. The van der Waals surface area contributed by atoms with E-state index in [1.807, 2.05) is 0 Å². The molecule has 1 aromatic carbocycles. The number of aromatic carboxylic acids is 1. The second-order valence-corrected chi connectivity index (χ2v) is 4.98. The van der Waals surface area contributed by atoms with Crippen LogP contribution < -0.4 is 0 Å². The van der Waals surface area contributed by atoms with Crippen LogP contribution in [0.15, 0.2) is 24.3 Å². The molecule has 0 aliphatic rings. The molecule has 0 unspecified atom stereocenters. The lowest BCUT2D eigenvalue weighted by atomic mass is 9.92. The van der Waals surface area contributed by atoms with Crippen LogP contribution in [0.4, 0.5) is 8.78 Å². The SMILES string of the molecule is Cn1nc(C(=O)O)cc1-c1cccc(F)c1C(C)(C)F. The van der Waals surface area contributed by atoms with Crippen LogP contribution in [0.3, 0.4) is 0 Å². The van der Waals surface area contributed by atoms with E-state index in [0.29, 0.717) is 11.3 Å². The number of hydrogen-bond acceptors (Lipinski definition) is 2. The molecule has 0 fully saturated rings. The second-order valence-electron chi connectivity index (χ2n) is 4.98. The summed E-state index contributed by atoms with van der Waals surface area (Å²) in [6.07, 6.45) is 0. The summed E-state index contributed by atoms with van der Waals surface area (Å²) in [6.45, 7) is 2.51. The first kappa shape index (κ1) is 14.2. The Morgan fingerprint density at radius 2 is 2.05 bits per heavy atom. The number of nitrogens with zero attached hydrogens (tertiary/aromatic N) is 2. The minimum Gasteiger partial charge on any atom is -0.476 e. The van der Waals surface area contributed by atoms with Gasteiger partial charge in [-0.3, -0.25) is 4.68 Å². The van der Waals surface area contributed by atoms with E-state index in [1.54, 1.807) is 6.07 Å². The van der Waals surface area contributed by atoms with Gasteiger partial charge in [0.05, 0.1) is 5.69 Å². The fraction of sp³-hybridized carbons (Fsp3) is 0.286. The normalized spacial score (nSPS) is 11.7. The van der Waals surface area contributed by atoms with Crippen LogP contribution >= 0.6 is 0 Å². The molecule has 0 aliphatic carbocycles. The maximum Gasteiger partial charge on any atom is 0.356 e. The number of aromatic nitrogens is 2. The van der Waals surface area contributed by atoms with E-state index < -0.39 is 17.5 Å². The molecule has 0 bridgehead atoms. The summed E-state index contributed by atoms with van der Waals surface area (Å²) in [5, 5.41) is 12.7. The number of alkyl halides is 1. The summed E-state index contributed by atoms with van der Waals surface area (Å²) in [5.74, 6) is -1.86. The molecule has 1 aromatic heterocycles. The van der Waals surface area contributed by atoms with Gasteiger partial charge in [0, 0.05) is 18.2 Å². The lowest BCUT2D eigenvalue weighted by molar-refractivity contribution is 0.0689. The van der Waals surface area contributed by atoms with Crippen molar-refractivity contribution >= 4 is 5.97 Å². The maximum absolute atomic E-state index is 14.2. The molecule has 106 valence electrons. The quantitative estimate of drug-likeness (QED) is 0.939. The Labute approximate surface area is 114 Å². The summed E-state index contributed by atoms with van der Waals surface area (Å²) in [4.78, 5) is 10.9. The van der Waals surface area contributed by atoms with Crippen molar-refractivity contribution in [1.82, 2.24) is 9.78 Å². The van der Waals surface area contributed by atoms with Gasteiger partial charge in [-0.15, -0.1) is 0 Å². The standard InChI is InChI=1S/C14H14F2N2O2/c1-14(2,16)12-8(5-4-6-9(12)15)11-7-10(13(19)20)17-18(11)3/h4-7H,1-3H3,(H,19,20). The van der Waals surface area contributed by atoms with Crippen molar-refractivity contribution in [2.45, 2.75) is 19.5 Å². The third-order valence-electron chi connectivity index (χ3n) is 2.98. The highest BCUT2D eigenvalue weighted by Crippen LogP contribution is 2.36. The van der Waals surface area contributed by atoms with Gasteiger partial charge in [0.1, 0.15) is 11.5 Å². The van der Waals surface area contributed by atoms with Gasteiger partial charge in [0.2, 0.25) is 0 Å². The molecule has 6 heteroatoms. The van der Waals surface area contributed by atoms with Crippen molar-refractivity contribution in [3.63, 3.8) is 0 Å². The van der Waals surface area contributed by atoms with Gasteiger partial charge >= 0.3 is 5.97 Å². The molecule has 0 amide bonds. The van der Waals surface area contributed by atoms with E-state index in [1.165, 1.54) is 43.8 Å². The molecule has 0 spiro atoms. The molecular formula is C14H14F2N2O2. The van der Waals surface area contributed by atoms with Gasteiger partial charge in [-0.05, 0) is 26.0 Å². The summed E-state index contributed by atoms with van der Waals surface area (Å²) in [5.41, 5.74) is -1.54. The summed E-state index contributed by atoms with van der Waals surface area (Å²) in [6, 6.07) is 5.47. The van der Waals surface area contributed by atoms with Crippen LogP contribution in [0.25, 0.3) is 11.3 Å². The smallest absolute Gasteiger partial charge is 0.356 e. The zero-order valence-electron chi connectivity index (χ0n) is 11.3. The lowest BCUT2D eigenvalue weighted by Crippen LogP contribution is -2.14. The van der Waals surface area contributed by atoms with E-state index in [-0.39, 0.29) is 11.3 Å². The zero-order chi connectivity index (χ0) is 15.1. The van der Waals surface area contributed by atoms with Gasteiger partial charge in [-0.25, -0.2) is 13.6 Å². The topological polar surface area (TPSA) is 55.1 Å². The number of benzene rings is 1. The lowest BCUT2D eigenvalue weighted by Gasteiger charge is -2.19. The zero-order valence-corrected chi connectivity index (χ0v) is 11.3. The highest BCUT2D eigenvalue weighted by molar-refractivity contribution is 5.87. The van der Waals surface area contributed by atoms with Crippen LogP contribution in [0, 0.1) is 5.82 Å². The van der Waals surface area contributed by atoms with Gasteiger partial charge in [-0.1, -0.05) is 12.1 Å². The minimum absolute atomic E-state index is 0.111. The summed E-state index contributed by atoms with van der Waals surface area (Å²) < 4.78 is 29.5. The fourth-order valence-electron chi connectivity index (χ4n) is 2.17. The van der Waals surface area contributed by atoms with Crippen molar-refractivity contribution in [1.29, 1.82) is 0 Å². The Kier molecular flexibility index (Phi) is 3.33. The Balaban J connectivity index is 2.71. The first-order valence-electron chi connectivity index (χ1n) is 5.97. The molecule has 0 saturated carbocycles. The Hall–Kier alpha value is -2.24. The predicted octanol–water partition coefficient (Wildman–Crippen LogP) is 3.13. The molecule has 1 heterocycles. The monoisotopic (exact) mass is 280 g/mol. The first-order valence-corrected chi connectivity index (χ1v) is 5.97. The number of carboxylic acid groups (broad SMARTS) is 1. The highest BCUT2D eigenvalue weighted by Gasteiger charge is 2.28. The van der Waals surface area contributed by atoms with E-state index in [0.717, 1.165) is 0 Å². The van der Waals surface area contributed by atoms with Crippen LogP contribution in [0.1, 0.15) is 29.9 Å². The molecular weight excluding hydrogens is 266 g/mol. The van der Waals surface area contributed by atoms with E-state index in [4.69, 9.17) is 5.11 Å². The second kappa shape index (κ2) is 4.70. The van der Waals surface area contributed by atoms with E-state index in [9.17, 15) is 13.6 Å². The van der Waals surface area contributed by atoms with E-state index >= 15 is 0 Å². The average Bonchev–Trinajstić information content (AvgIpc) is 2.69. The molecule has 4 nitrogen and oxygen atoms in total. The average molecular weight is 280 g/mol. The van der Waals surface area contributed by atoms with E-state index in [2.05, 4.69) is 5.10 Å². The molecule has 0 atom stereocenters. The number of carbonyl (C=O) groups is 1. The molecule has 2 rings (SSSR count). The third-order valence-corrected chi connectivity index (χ3v) is 2.98. The van der Waals surface area contributed by atoms with Crippen molar-refractivity contribution < 1.29 is 18.7 Å². The largest absolute Gasteiger partial charge is 0.476 e. The number of halogens is 2. The van der Waals surface area contributed by atoms with Crippen LogP contribution in [0.5, 0.6) is 0 Å². The van der Waals surface area contributed by atoms with Gasteiger partial charge in [0.25, 0.3) is 0 Å². The minimum atomic E-state index is -1.89. The number of aryl methyl sites for hydroxylation is 1. The van der Waals surface area contributed by atoms with Gasteiger partial charge in [0.15, 0.2) is 5.69 Å². The van der Waals surface area contributed by atoms with Gasteiger partial charge in [-0.2, -0.15) is 5.10 Å². The number of rotatable bonds is 3. The Morgan fingerprint density at radius 1 is 1.40 bits per heavy atom. The van der Waals surface area contributed by atoms with Crippen molar-refractivity contribution in [2.75, 3.05) is 0 Å². The Morgan fingerprint density at radius 3 is 2.55 bits per heavy atom. The predicted molar refractivity (Wildman–Crippen MR) is 69.7 cm³/mol. The molecule has 20 heavy (non-hydrogen) atoms. The van der Waals surface area contributed by atoms with Gasteiger partial charge < -0.3 is 5.11 Å². The maximum atomic E-state index is 14.2. The highest BCUT2D eigenvalue weighted by atomic mass is 19.1. The van der Waals surface area contributed by atoms with Crippen LogP contribution in [-0.4, -0.2) is 20.9 Å². The van der Waals surface area contributed by atoms with Crippen molar-refractivity contribution in [2.24, 2.45) is 7.05 Å². The molecule has 0 aliphatic heterocycles. The first-order chi connectivity index (χ1) is 9.21. The molecule has 0 saturated heterocycles. The fourth-order valence-corrected chi connectivity index (χ4v) is 2.17. The third kappa shape index (κ3) is 2.41. The van der Waals surface area contributed by atoms with Crippen molar-refractivity contribution in [3.05, 3.63) is 41.3 Å². The number of carboxylic acids is 1. The Bertz CT molecular complexity index is 672. The summed E-state index contributed by atoms with van der Waals surface area (Å²) in [7, 11) is 1.53.